The first-order valence-electron chi connectivity index (χ1n) is 13.1. The zero-order valence-corrected chi connectivity index (χ0v) is 24.6. The van der Waals surface area contributed by atoms with Gasteiger partial charge in [0.25, 0.3) is 0 Å². The van der Waals surface area contributed by atoms with Crippen molar-refractivity contribution in [2.45, 2.75) is 118 Å². The van der Waals surface area contributed by atoms with Crippen LogP contribution >= 0.6 is 0 Å². The van der Waals surface area contributed by atoms with E-state index >= 15 is 0 Å². The lowest BCUT2D eigenvalue weighted by molar-refractivity contribution is -0.151. The maximum absolute atomic E-state index is 14.5. The second-order valence-electron chi connectivity index (χ2n) is 12.3. The standard InChI is InChI=1S/C30H47N3O4/c1-13-20(4)23(31-27(36)37-29(8,9)10)26(35)33(30(11,12)15-3)24(25(34)32-28(5,6)7)22-19-17-16-18-21(22)14-2/h2,16-20,23-24H,13,15H2,1,3-12H3,(H,31,36)(H,32,34). The van der Waals surface area contributed by atoms with Crippen molar-refractivity contribution in [2.75, 3.05) is 0 Å². The van der Waals surface area contributed by atoms with Crippen LogP contribution < -0.4 is 10.6 Å². The summed E-state index contributed by atoms with van der Waals surface area (Å²) in [5.74, 6) is 1.74. The SMILES string of the molecule is C#Cc1ccccc1C(C(=O)NC(C)(C)C)N(C(=O)C(NC(=O)OC(C)(C)C)C(C)CC)C(C)(C)CC. The van der Waals surface area contributed by atoms with Crippen molar-refractivity contribution in [3.8, 4) is 12.3 Å². The normalized spacial score (nSPS) is 14.5. The molecule has 37 heavy (non-hydrogen) atoms. The molecule has 0 aliphatic rings. The zero-order chi connectivity index (χ0) is 28.8. The minimum Gasteiger partial charge on any atom is -0.444 e. The average molecular weight is 514 g/mol. The number of alkyl carbamates (subject to hydrolysis) is 1. The zero-order valence-electron chi connectivity index (χ0n) is 24.6. The van der Waals surface area contributed by atoms with E-state index in [0.29, 0.717) is 24.0 Å². The van der Waals surface area contributed by atoms with Gasteiger partial charge in [-0.05, 0) is 79.4 Å². The van der Waals surface area contributed by atoms with Crippen LogP contribution in [0.5, 0.6) is 0 Å². The van der Waals surface area contributed by atoms with Crippen LogP contribution in [-0.4, -0.2) is 45.5 Å². The molecule has 0 radical (unpaired) electrons. The molecule has 1 aromatic carbocycles. The molecule has 1 rings (SSSR count). The number of carbonyl (C=O) groups excluding carboxylic acids is 3. The number of nitrogens with one attached hydrogen (secondary N) is 2. The van der Waals surface area contributed by atoms with Gasteiger partial charge in [-0.2, -0.15) is 0 Å². The molecule has 0 aromatic heterocycles. The Bertz CT molecular complexity index is 995. The lowest BCUT2D eigenvalue weighted by Crippen LogP contribution is -2.61. The predicted octanol–water partition coefficient (Wildman–Crippen LogP) is 5.58. The molecule has 7 nitrogen and oxygen atoms in total. The highest BCUT2D eigenvalue weighted by Crippen LogP contribution is 2.35. The summed E-state index contributed by atoms with van der Waals surface area (Å²) < 4.78 is 5.47. The number of hydrogen-bond acceptors (Lipinski definition) is 4. The van der Waals surface area contributed by atoms with Crippen LogP contribution in [0.2, 0.25) is 0 Å². The molecule has 206 valence electrons. The van der Waals surface area contributed by atoms with E-state index in [2.05, 4.69) is 16.6 Å². The van der Waals surface area contributed by atoms with Gasteiger partial charge in [0.1, 0.15) is 17.7 Å². The molecule has 7 heteroatoms. The molecule has 0 aliphatic heterocycles. The first-order valence-corrected chi connectivity index (χ1v) is 13.1. The second kappa shape index (κ2) is 12.5. The van der Waals surface area contributed by atoms with Crippen molar-refractivity contribution in [3.05, 3.63) is 35.4 Å². The van der Waals surface area contributed by atoms with Crippen molar-refractivity contribution in [1.29, 1.82) is 0 Å². The Hall–Kier alpha value is -3.01. The Morgan fingerprint density at radius 2 is 1.59 bits per heavy atom. The number of rotatable bonds is 9. The molecule has 0 spiro atoms. The van der Waals surface area contributed by atoms with Crippen molar-refractivity contribution in [2.24, 2.45) is 5.92 Å². The maximum Gasteiger partial charge on any atom is 0.408 e. The molecule has 2 N–H and O–H groups in total. The van der Waals surface area contributed by atoms with Crippen LogP contribution in [0.25, 0.3) is 0 Å². The van der Waals surface area contributed by atoms with E-state index in [9.17, 15) is 14.4 Å². The Labute approximate surface area is 224 Å². The molecule has 3 amide bonds. The molecule has 1 aromatic rings. The number of terminal acetylenes is 1. The highest BCUT2D eigenvalue weighted by atomic mass is 16.6. The van der Waals surface area contributed by atoms with Gasteiger partial charge in [0.05, 0.1) is 0 Å². The fourth-order valence-electron chi connectivity index (χ4n) is 3.92. The molecule has 3 atom stereocenters. The van der Waals surface area contributed by atoms with E-state index in [4.69, 9.17) is 11.2 Å². The van der Waals surface area contributed by atoms with Crippen molar-refractivity contribution in [1.82, 2.24) is 15.5 Å². The highest BCUT2D eigenvalue weighted by molar-refractivity contribution is 5.93. The van der Waals surface area contributed by atoms with Gasteiger partial charge in [-0.1, -0.05) is 51.3 Å². The van der Waals surface area contributed by atoms with Gasteiger partial charge < -0.3 is 20.3 Å². The van der Waals surface area contributed by atoms with Crippen LogP contribution in [0.3, 0.4) is 0 Å². The second-order valence-corrected chi connectivity index (χ2v) is 12.3. The number of amides is 3. The van der Waals surface area contributed by atoms with E-state index in [0.717, 1.165) is 0 Å². The molecule has 3 unspecified atom stereocenters. The number of ether oxygens (including phenoxy) is 1. The Balaban J connectivity index is 3.81. The summed E-state index contributed by atoms with van der Waals surface area (Å²) in [6, 6.07) is 5.24. The predicted molar refractivity (Wildman–Crippen MR) is 149 cm³/mol. The summed E-state index contributed by atoms with van der Waals surface area (Å²) in [5.41, 5.74) is -0.935. The third kappa shape index (κ3) is 9.10. The highest BCUT2D eigenvalue weighted by Gasteiger charge is 2.45. The van der Waals surface area contributed by atoms with Gasteiger partial charge in [-0.15, -0.1) is 6.42 Å². The van der Waals surface area contributed by atoms with Crippen LogP contribution in [-0.2, 0) is 14.3 Å². The van der Waals surface area contributed by atoms with Gasteiger partial charge in [-0.25, -0.2) is 4.79 Å². The summed E-state index contributed by atoms with van der Waals surface area (Å²) in [5, 5.41) is 5.84. The number of hydrogen-bond donors (Lipinski definition) is 2. The topological polar surface area (TPSA) is 87.7 Å². The molecule has 0 fully saturated rings. The Morgan fingerprint density at radius 3 is 2.05 bits per heavy atom. The largest absolute Gasteiger partial charge is 0.444 e. The number of benzene rings is 1. The quantitative estimate of drug-likeness (QED) is 0.422. The molecule has 0 saturated carbocycles. The smallest absolute Gasteiger partial charge is 0.408 e. The van der Waals surface area contributed by atoms with Gasteiger partial charge in [-0.3, -0.25) is 9.59 Å². The van der Waals surface area contributed by atoms with Gasteiger partial charge >= 0.3 is 6.09 Å². The van der Waals surface area contributed by atoms with Crippen LogP contribution in [0.1, 0.15) is 106 Å². The van der Waals surface area contributed by atoms with E-state index in [-0.39, 0.29) is 17.7 Å². The fraction of sp³-hybridized carbons (Fsp3) is 0.633. The summed E-state index contributed by atoms with van der Waals surface area (Å²) in [6.45, 7) is 20.6. The van der Waals surface area contributed by atoms with Crippen LogP contribution in [0, 0.1) is 18.3 Å². The van der Waals surface area contributed by atoms with Gasteiger partial charge in [0.2, 0.25) is 11.8 Å². The van der Waals surface area contributed by atoms with Gasteiger partial charge in [0, 0.05) is 16.6 Å². The minimum atomic E-state index is -1.01. The minimum absolute atomic E-state index is 0.218. The van der Waals surface area contributed by atoms with E-state index < -0.39 is 34.9 Å². The summed E-state index contributed by atoms with van der Waals surface area (Å²) in [7, 11) is 0. The first-order chi connectivity index (χ1) is 16.9. The average Bonchev–Trinajstić information content (AvgIpc) is 2.77. The lowest BCUT2D eigenvalue weighted by atomic mass is 9.88. The van der Waals surface area contributed by atoms with Gasteiger partial charge in [0.15, 0.2) is 0 Å². The third-order valence-corrected chi connectivity index (χ3v) is 6.32. The van der Waals surface area contributed by atoms with E-state index in [1.807, 2.05) is 55.4 Å². The fourth-order valence-corrected chi connectivity index (χ4v) is 3.92. The lowest BCUT2D eigenvalue weighted by Gasteiger charge is -2.46. The summed E-state index contributed by atoms with van der Waals surface area (Å²) >= 11 is 0. The molecule has 0 aliphatic carbocycles. The molecule has 0 bridgehead atoms. The molecular weight excluding hydrogens is 466 g/mol. The van der Waals surface area contributed by atoms with E-state index in [1.165, 1.54) is 0 Å². The first kappa shape index (κ1) is 32.0. The third-order valence-electron chi connectivity index (χ3n) is 6.32. The van der Waals surface area contributed by atoms with Crippen LogP contribution in [0.15, 0.2) is 24.3 Å². The Morgan fingerprint density at radius 1 is 1.03 bits per heavy atom. The van der Waals surface area contributed by atoms with Crippen molar-refractivity contribution in [3.63, 3.8) is 0 Å². The number of nitrogens with zero attached hydrogens (tertiary/aromatic N) is 1. The maximum atomic E-state index is 14.5. The molecule has 0 heterocycles. The van der Waals surface area contributed by atoms with Crippen LogP contribution in [0.4, 0.5) is 4.79 Å². The summed E-state index contributed by atoms with van der Waals surface area (Å²) in [6.07, 6.45) is 6.35. The van der Waals surface area contributed by atoms with Crippen molar-refractivity contribution < 1.29 is 19.1 Å². The molecule has 0 saturated heterocycles. The van der Waals surface area contributed by atoms with Crippen molar-refractivity contribution >= 4 is 17.9 Å². The van der Waals surface area contributed by atoms with E-state index in [1.54, 1.807) is 49.9 Å². The molecular formula is C30H47N3O4. The Kier molecular flexibility index (Phi) is 10.8. The summed E-state index contributed by atoms with van der Waals surface area (Å²) in [4.78, 5) is 42.8. The number of carbonyl (C=O) groups is 3. The monoisotopic (exact) mass is 513 g/mol.